The minimum absolute atomic E-state index is 0.414. The molecule has 0 unspecified atom stereocenters. The molecule has 3 aromatic heterocycles. The zero-order valence-corrected chi connectivity index (χ0v) is 16.3. The van der Waals surface area contributed by atoms with Gasteiger partial charge in [-0.25, -0.2) is 15.0 Å². The SMILES string of the molecule is CC(C)c1ccnc(Nc2nccc3[nH]c(-c4c(Cl)cccc4Cl)nc23)c1. The molecular weight excluding hydrogens is 381 g/mol. The van der Waals surface area contributed by atoms with Crippen molar-refractivity contribution < 1.29 is 0 Å². The predicted octanol–water partition coefficient (Wildman–Crippen LogP) is 6.19. The van der Waals surface area contributed by atoms with Gasteiger partial charge in [-0.1, -0.05) is 43.1 Å². The third-order valence-corrected chi connectivity index (χ3v) is 4.93. The molecule has 5 nitrogen and oxygen atoms in total. The fourth-order valence-electron chi connectivity index (χ4n) is 2.86. The number of fused-ring (bicyclic) bond motifs is 1. The van der Waals surface area contributed by atoms with E-state index < -0.39 is 0 Å². The number of nitrogens with one attached hydrogen (secondary N) is 2. The summed E-state index contributed by atoms with van der Waals surface area (Å²) in [5, 5.41) is 4.34. The molecule has 27 heavy (non-hydrogen) atoms. The summed E-state index contributed by atoms with van der Waals surface area (Å²) in [7, 11) is 0. The molecule has 3 heterocycles. The summed E-state index contributed by atoms with van der Waals surface area (Å²) in [5.41, 5.74) is 3.40. The molecule has 0 aliphatic carbocycles. The van der Waals surface area contributed by atoms with Gasteiger partial charge >= 0.3 is 0 Å². The molecule has 7 heteroatoms. The van der Waals surface area contributed by atoms with Crippen LogP contribution in [-0.4, -0.2) is 19.9 Å². The average molecular weight is 398 g/mol. The van der Waals surface area contributed by atoms with E-state index in [2.05, 4.69) is 39.1 Å². The zero-order chi connectivity index (χ0) is 19.0. The summed E-state index contributed by atoms with van der Waals surface area (Å²) >= 11 is 12.6. The molecule has 0 spiro atoms. The highest BCUT2D eigenvalue weighted by molar-refractivity contribution is 6.39. The maximum Gasteiger partial charge on any atom is 0.159 e. The van der Waals surface area contributed by atoms with E-state index >= 15 is 0 Å². The Balaban J connectivity index is 1.77. The monoisotopic (exact) mass is 397 g/mol. The van der Waals surface area contributed by atoms with Crippen molar-refractivity contribution in [3.05, 3.63) is 64.4 Å². The number of aromatic nitrogens is 4. The van der Waals surface area contributed by atoms with E-state index in [1.54, 1.807) is 30.6 Å². The van der Waals surface area contributed by atoms with E-state index in [4.69, 9.17) is 23.2 Å². The molecular formula is C20H17Cl2N5. The summed E-state index contributed by atoms with van der Waals surface area (Å²) in [5.74, 6) is 2.35. The average Bonchev–Trinajstić information content (AvgIpc) is 3.06. The predicted molar refractivity (Wildman–Crippen MR) is 111 cm³/mol. The van der Waals surface area contributed by atoms with Crippen molar-refractivity contribution in [2.24, 2.45) is 0 Å². The number of hydrogen-bond donors (Lipinski definition) is 2. The lowest BCUT2D eigenvalue weighted by Crippen LogP contribution is -1.98. The molecule has 0 aliphatic heterocycles. The molecule has 0 bridgehead atoms. The normalized spacial score (nSPS) is 11.3. The van der Waals surface area contributed by atoms with Crippen LogP contribution in [0.2, 0.25) is 10.0 Å². The van der Waals surface area contributed by atoms with Gasteiger partial charge in [-0.3, -0.25) is 0 Å². The molecule has 1 aromatic carbocycles. The number of hydrogen-bond acceptors (Lipinski definition) is 4. The maximum absolute atomic E-state index is 6.32. The quantitative estimate of drug-likeness (QED) is 0.430. The highest BCUT2D eigenvalue weighted by atomic mass is 35.5. The minimum atomic E-state index is 0.414. The standard InChI is InChI=1S/C20H17Cl2N5/c1-11(2)12-6-8-23-16(10-12)26-20-18-15(7-9-24-20)25-19(27-18)17-13(21)4-3-5-14(17)22/h3-11H,1-2H3,(H,25,27)(H,23,24,26). The molecule has 0 amide bonds. The Bertz CT molecular complexity index is 1100. The Morgan fingerprint density at radius 1 is 1.00 bits per heavy atom. The topological polar surface area (TPSA) is 66.5 Å². The van der Waals surface area contributed by atoms with Crippen molar-refractivity contribution >= 4 is 45.9 Å². The molecule has 2 N–H and O–H groups in total. The summed E-state index contributed by atoms with van der Waals surface area (Å²) < 4.78 is 0. The summed E-state index contributed by atoms with van der Waals surface area (Å²) in [4.78, 5) is 16.8. The van der Waals surface area contributed by atoms with Crippen LogP contribution in [0.5, 0.6) is 0 Å². The van der Waals surface area contributed by atoms with Gasteiger partial charge in [-0.15, -0.1) is 0 Å². The van der Waals surface area contributed by atoms with E-state index in [0.717, 1.165) is 11.3 Å². The van der Waals surface area contributed by atoms with Crippen LogP contribution < -0.4 is 5.32 Å². The molecule has 136 valence electrons. The Morgan fingerprint density at radius 3 is 2.48 bits per heavy atom. The third kappa shape index (κ3) is 3.48. The number of H-pyrrole nitrogens is 1. The molecule has 4 rings (SSSR count). The van der Waals surface area contributed by atoms with Crippen molar-refractivity contribution in [3.8, 4) is 11.4 Å². The first-order chi connectivity index (χ1) is 13.0. The van der Waals surface area contributed by atoms with E-state index in [9.17, 15) is 0 Å². The molecule has 0 saturated heterocycles. The van der Waals surface area contributed by atoms with Crippen LogP contribution in [-0.2, 0) is 0 Å². The molecule has 0 saturated carbocycles. The van der Waals surface area contributed by atoms with Gasteiger partial charge in [0, 0.05) is 12.4 Å². The van der Waals surface area contributed by atoms with Crippen molar-refractivity contribution in [3.63, 3.8) is 0 Å². The Morgan fingerprint density at radius 2 is 1.74 bits per heavy atom. The van der Waals surface area contributed by atoms with Gasteiger partial charge in [0.1, 0.15) is 17.2 Å². The minimum Gasteiger partial charge on any atom is -0.338 e. The van der Waals surface area contributed by atoms with E-state index in [0.29, 0.717) is 38.7 Å². The number of pyridine rings is 2. The number of aromatic amines is 1. The van der Waals surface area contributed by atoms with Crippen molar-refractivity contribution in [2.45, 2.75) is 19.8 Å². The second-order valence-corrected chi connectivity index (χ2v) is 7.31. The summed E-state index contributed by atoms with van der Waals surface area (Å²) in [6.07, 6.45) is 3.50. The second-order valence-electron chi connectivity index (χ2n) is 6.49. The largest absolute Gasteiger partial charge is 0.338 e. The molecule has 0 atom stereocenters. The smallest absolute Gasteiger partial charge is 0.159 e. The number of imidazole rings is 1. The van der Waals surface area contributed by atoms with Gasteiger partial charge in [0.05, 0.1) is 21.1 Å². The number of halogens is 2. The molecule has 0 aliphatic rings. The van der Waals surface area contributed by atoms with Crippen LogP contribution in [0.3, 0.4) is 0 Å². The van der Waals surface area contributed by atoms with Crippen LogP contribution in [0.15, 0.2) is 48.8 Å². The fraction of sp³-hybridized carbons (Fsp3) is 0.150. The van der Waals surface area contributed by atoms with Crippen molar-refractivity contribution in [1.29, 1.82) is 0 Å². The third-order valence-electron chi connectivity index (χ3n) is 4.30. The number of nitrogens with zero attached hydrogens (tertiary/aromatic N) is 3. The van der Waals surface area contributed by atoms with E-state index in [1.807, 2.05) is 18.2 Å². The van der Waals surface area contributed by atoms with Crippen molar-refractivity contribution in [2.75, 3.05) is 5.32 Å². The summed E-state index contributed by atoms with van der Waals surface area (Å²) in [6, 6.07) is 11.3. The maximum atomic E-state index is 6.32. The number of benzene rings is 1. The Labute approximate surface area is 166 Å². The zero-order valence-electron chi connectivity index (χ0n) is 14.8. The van der Waals surface area contributed by atoms with Crippen LogP contribution in [0.1, 0.15) is 25.3 Å². The van der Waals surface area contributed by atoms with Crippen molar-refractivity contribution in [1.82, 2.24) is 19.9 Å². The molecule has 0 radical (unpaired) electrons. The second kappa shape index (κ2) is 7.18. The van der Waals surface area contributed by atoms with Gasteiger partial charge in [-0.05, 0) is 41.8 Å². The lowest BCUT2D eigenvalue weighted by atomic mass is 10.1. The molecule has 0 fully saturated rings. The highest BCUT2D eigenvalue weighted by Gasteiger charge is 2.15. The van der Waals surface area contributed by atoms with Crippen LogP contribution in [0.4, 0.5) is 11.6 Å². The van der Waals surface area contributed by atoms with Gasteiger partial charge in [0.2, 0.25) is 0 Å². The fourth-order valence-corrected chi connectivity index (χ4v) is 3.44. The van der Waals surface area contributed by atoms with E-state index in [-0.39, 0.29) is 0 Å². The number of rotatable bonds is 4. The lowest BCUT2D eigenvalue weighted by Gasteiger charge is -2.09. The van der Waals surface area contributed by atoms with Gasteiger partial charge in [0.25, 0.3) is 0 Å². The first-order valence-corrected chi connectivity index (χ1v) is 9.30. The first kappa shape index (κ1) is 17.8. The van der Waals surface area contributed by atoms with Crippen LogP contribution in [0, 0.1) is 0 Å². The van der Waals surface area contributed by atoms with Gasteiger partial charge < -0.3 is 10.3 Å². The van der Waals surface area contributed by atoms with E-state index in [1.165, 1.54) is 5.56 Å². The van der Waals surface area contributed by atoms with Gasteiger partial charge in [-0.2, -0.15) is 0 Å². The Kier molecular flexibility index (Phi) is 4.72. The van der Waals surface area contributed by atoms with Crippen LogP contribution in [0.25, 0.3) is 22.4 Å². The Hall–Kier alpha value is -2.63. The first-order valence-electron chi connectivity index (χ1n) is 8.55. The lowest BCUT2D eigenvalue weighted by molar-refractivity contribution is 0.863. The molecule has 4 aromatic rings. The summed E-state index contributed by atoms with van der Waals surface area (Å²) in [6.45, 7) is 4.29. The number of anilines is 2. The highest BCUT2D eigenvalue weighted by Crippen LogP contribution is 2.35. The van der Waals surface area contributed by atoms with Gasteiger partial charge in [0.15, 0.2) is 5.82 Å². The van der Waals surface area contributed by atoms with Crippen LogP contribution >= 0.6 is 23.2 Å².